The topological polar surface area (TPSA) is 184 Å². The summed E-state index contributed by atoms with van der Waals surface area (Å²) in [5, 5.41) is 7.46. The zero-order valence-corrected chi connectivity index (χ0v) is 35.6. The summed E-state index contributed by atoms with van der Waals surface area (Å²) in [6.45, 7) is 4.90. The zero-order valence-electron chi connectivity index (χ0n) is 35.6. The number of nitrogens with zero attached hydrogens (tertiary/aromatic N) is 4. The minimum atomic E-state index is -0.725. The van der Waals surface area contributed by atoms with Crippen molar-refractivity contribution in [1.82, 2.24) is 40.4 Å². The molecule has 10 atom stereocenters. The van der Waals surface area contributed by atoms with E-state index >= 15 is 4.39 Å². The average Bonchev–Trinajstić information content (AvgIpc) is 3.73. The van der Waals surface area contributed by atoms with Crippen molar-refractivity contribution in [1.29, 1.82) is 0 Å². The highest BCUT2D eigenvalue weighted by molar-refractivity contribution is 6.05. The normalized spacial score (nSPS) is 27.7. The van der Waals surface area contributed by atoms with Gasteiger partial charge in [-0.1, -0.05) is 38.1 Å². The van der Waals surface area contributed by atoms with Crippen LogP contribution in [0.2, 0.25) is 0 Å². The Morgan fingerprint density at radius 2 is 1.57 bits per heavy atom. The van der Waals surface area contributed by atoms with E-state index in [4.69, 9.17) is 24.2 Å². The van der Waals surface area contributed by atoms with Crippen molar-refractivity contribution in [2.45, 2.75) is 82.2 Å². The molecule has 4 bridgehead atoms. The van der Waals surface area contributed by atoms with Crippen LogP contribution in [0.5, 0.6) is 0 Å². The number of methoxy groups -OCH3 is 2. The highest BCUT2D eigenvalue weighted by Gasteiger charge is 2.86. The molecule has 4 amide bonds. The van der Waals surface area contributed by atoms with E-state index in [0.717, 1.165) is 52.5 Å². The van der Waals surface area contributed by atoms with Crippen molar-refractivity contribution in [2.24, 2.45) is 35.5 Å². The summed E-state index contributed by atoms with van der Waals surface area (Å²) < 4.78 is 31.4. The van der Waals surface area contributed by atoms with E-state index < -0.39 is 30.1 Å². The second-order valence-corrected chi connectivity index (χ2v) is 18.6. The predicted molar refractivity (Wildman–Crippen MR) is 228 cm³/mol. The lowest BCUT2D eigenvalue weighted by molar-refractivity contribution is -0.139. The number of imidazole rings is 2. The molecular weight excluding hydrogens is 808 g/mol. The van der Waals surface area contributed by atoms with Crippen molar-refractivity contribution in [3.63, 3.8) is 0 Å². The van der Waals surface area contributed by atoms with Crippen molar-refractivity contribution < 1.29 is 37.8 Å². The van der Waals surface area contributed by atoms with E-state index in [2.05, 4.69) is 20.6 Å². The van der Waals surface area contributed by atoms with E-state index in [0.29, 0.717) is 66.5 Å². The van der Waals surface area contributed by atoms with Gasteiger partial charge in [0, 0.05) is 36.2 Å². The lowest BCUT2D eigenvalue weighted by Crippen LogP contribution is -2.54. The number of hydrogen-bond acceptors (Lipinski definition) is 9. The molecular formula is C47H51FN8O7. The van der Waals surface area contributed by atoms with E-state index in [1.54, 1.807) is 12.3 Å². The molecule has 5 aromatic rings. The van der Waals surface area contributed by atoms with Crippen LogP contribution in [0.25, 0.3) is 44.2 Å². The number of carbonyl (C=O) groups is 4. The maximum atomic E-state index is 16.1. The number of hydrogen-bond donors (Lipinski definition) is 4. The van der Waals surface area contributed by atoms with Crippen LogP contribution in [-0.4, -0.2) is 105 Å². The molecule has 15 nitrogen and oxygen atoms in total. The Balaban J connectivity index is 0.831. The summed E-state index contributed by atoms with van der Waals surface area (Å²) in [4.78, 5) is 73.5. The molecule has 4 aliphatic heterocycles. The smallest absolute Gasteiger partial charge is 0.407 e. The first-order valence-electron chi connectivity index (χ1n) is 22.2. The number of alkyl carbamates (subject to hydrolysis) is 2. The van der Waals surface area contributed by atoms with Crippen LogP contribution < -0.4 is 10.6 Å². The van der Waals surface area contributed by atoms with Gasteiger partial charge < -0.3 is 44.6 Å². The average molecular weight is 859 g/mol. The number of likely N-dealkylation sites (tertiary alicyclic amines) is 1. The third-order valence-electron chi connectivity index (χ3n) is 15.0. The number of nitrogens with one attached hydrogen (secondary N) is 4. The van der Waals surface area contributed by atoms with Gasteiger partial charge in [-0.05, 0) is 108 Å². The Labute approximate surface area is 362 Å². The van der Waals surface area contributed by atoms with Gasteiger partial charge in [-0.15, -0.1) is 0 Å². The highest BCUT2D eigenvalue weighted by Crippen LogP contribution is 2.81. The second-order valence-electron chi connectivity index (χ2n) is 18.6. The van der Waals surface area contributed by atoms with Crippen LogP contribution in [0, 0.1) is 41.3 Å². The molecule has 63 heavy (non-hydrogen) atoms. The van der Waals surface area contributed by atoms with Gasteiger partial charge in [0.05, 0.1) is 49.2 Å². The quantitative estimate of drug-likeness (QED) is 0.120. The Hall–Kier alpha value is -6.03. The fourth-order valence-electron chi connectivity index (χ4n) is 11.8. The SMILES string of the molecule is COC(=O)N[C@H](C(=O)N1[C@@H]2CC[C@@H](C2)[C@H]1c1nc2c(ccc3cc(-c4ccc(-c5cnc([C@@H]6C7C8C([C@H]87)N6C(=O)[C@@H](NC(=O)OC)C6CCOCC6)[nH]5)c(F)c4)ccc32)[nH]1)C(C)C. The minimum Gasteiger partial charge on any atom is -0.453 e. The maximum Gasteiger partial charge on any atom is 0.407 e. The lowest BCUT2D eigenvalue weighted by atomic mass is 9.90. The monoisotopic (exact) mass is 858 g/mol. The summed E-state index contributed by atoms with van der Waals surface area (Å²) in [7, 11) is 2.59. The summed E-state index contributed by atoms with van der Waals surface area (Å²) in [5.74, 6) is 1.96. The number of aromatic nitrogens is 4. The van der Waals surface area contributed by atoms with Gasteiger partial charge in [-0.25, -0.2) is 23.9 Å². The number of piperidine rings is 2. The number of fused-ring (bicyclic) bond motifs is 6. The van der Waals surface area contributed by atoms with Crippen LogP contribution in [0.4, 0.5) is 14.0 Å². The van der Waals surface area contributed by atoms with Gasteiger partial charge in [0.25, 0.3) is 0 Å². The van der Waals surface area contributed by atoms with Crippen LogP contribution in [0.15, 0.2) is 54.7 Å². The third kappa shape index (κ3) is 6.45. The number of benzene rings is 3. The molecule has 12 rings (SSSR count). The van der Waals surface area contributed by atoms with Gasteiger partial charge in [0.15, 0.2) is 0 Å². The lowest BCUT2D eigenvalue weighted by Gasteiger charge is -2.37. The highest BCUT2D eigenvalue weighted by atomic mass is 19.1. The van der Waals surface area contributed by atoms with Crippen molar-refractivity contribution in [2.75, 3.05) is 27.4 Å². The molecule has 3 aromatic carbocycles. The number of rotatable bonds is 10. The first-order valence-corrected chi connectivity index (χ1v) is 22.2. The summed E-state index contributed by atoms with van der Waals surface area (Å²) in [6, 6.07) is 13.5. The molecule has 7 aliphatic rings. The van der Waals surface area contributed by atoms with Crippen molar-refractivity contribution >= 4 is 45.8 Å². The maximum absolute atomic E-state index is 16.1. The molecule has 0 radical (unpaired) electrons. The standard InChI is InChI=1S/C47H51FN8O7/c1-21(2)36(53-46(59)61-3)44(57)55-27-9-5-26(18-27)39(55)43-50-31-12-8-25-17-23(6-10-28(25)38(31)52-43)24-7-11-29(30(48)19-24)32-20-49-42(51-32)41-35-33-34(35)40(33)56(41)45(58)37(54-47(60)62-4)22-13-15-63-16-14-22/h6-8,10-12,17,19-22,26-27,33-37,39-41H,5,9,13-16,18H2,1-4H3,(H,49,51)(H,50,52)(H,53,59)(H,54,60)/t26-,27+,33+,34?,35?,36-,37-,39-,40?,41-/m0/s1. The molecule has 7 fully saturated rings. The van der Waals surface area contributed by atoms with Crippen LogP contribution in [0.3, 0.4) is 0 Å². The third-order valence-corrected chi connectivity index (χ3v) is 15.0. The zero-order chi connectivity index (χ0) is 43.4. The van der Waals surface area contributed by atoms with Gasteiger partial charge in [-0.2, -0.15) is 0 Å². The molecule has 3 saturated carbocycles. The van der Waals surface area contributed by atoms with Gasteiger partial charge >= 0.3 is 12.2 Å². The molecule has 2 aromatic heterocycles. The molecule has 3 aliphatic carbocycles. The fourth-order valence-corrected chi connectivity index (χ4v) is 11.8. The molecule has 3 unspecified atom stereocenters. The second kappa shape index (κ2) is 15.1. The van der Waals surface area contributed by atoms with Crippen LogP contribution >= 0.6 is 0 Å². The van der Waals surface area contributed by atoms with E-state index in [1.807, 2.05) is 60.0 Å². The number of amides is 4. The minimum absolute atomic E-state index is 0.0649. The molecule has 4 saturated heterocycles. The van der Waals surface area contributed by atoms with E-state index in [9.17, 15) is 19.2 Å². The molecule has 16 heteroatoms. The fraction of sp³-hybridized carbons (Fsp3) is 0.489. The largest absolute Gasteiger partial charge is 0.453 e. The molecule has 4 N–H and O–H groups in total. The first-order chi connectivity index (χ1) is 30.5. The van der Waals surface area contributed by atoms with Gasteiger partial charge in [0.2, 0.25) is 11.8 Å². The van der Waals surface area contributed by atoms with Crippen LogP contribution in [0.1, 0.15) is 69.7 Å². The molecule has 328 valence electrons. The first kappa shape index (κ1) is 39.8. The van der Waals surface area contributed by atoms with Gasteiger partial charge in [-0.3, -0.25) is 9.59 Å². The van der Waals surface area contributed by atoms with Crippen LogP contribution in [-0.2, 0) is 23.8 Å². The summed E-state index contributed by atoms with van der Waals surface area (Å²) in [5.41, 5.74) is 4.13. The predicted octanol–water partition coefficient (Wildman–Crippen LogP) is 6.62. The molecule has 6 heterocycles. The van der Waals surface area contributed by atoms with Gasteiger partial charge in [0.1, 0.15) is 29.5 Å². The Morgan fingerprint density at radius 1 is 0.825 bits per heavy atom. The van der Waals surface area contributed by atoms with Crippen molar-refractivity contribution in [3.8, 4) is 22.4 Å². The number of ether oxygens (including phenoxy) is 3. The number of carbonyl (C=O) groups excluding carboxylic acids is 4. The Kier molecular flexibility index (Phi) is 9.51. The Bertz CT molecular complexity index is 2670. The van der Waals surface area contributed by atoms with E-state index in [-0.39, 0.29) is 53.7 Å². The molecule has 0 spiro atoms. The number of aromatic amines is 2. The number of halogens is 1. The van der Waals surface area contributed by atoms with Crippen molar-refractivity contribution in [3.05, 3.63) is 72.2 Å². The summed E-state index contributed by atoms with van der Waals surface area (Å²) >= 11 is 0. The number of H-pyrrole nitrogens is 2. The van der Waals surface area contributed by atoms with E-state index in [1.165, 1.54) is 20.3 Å². The Morgan fingerprint density at radius 3 is 2.32 bits per heavy atom. The summed E-state index contributed by atoms with van der Waals surface area (Å²) in [6.07, 6.45) is 4.53.